The Kier molecular flexibility index (Phi) is 9.17. The third-order valence-corrected chi connectivity index (χ3v) is 3.71. The number of carbonyl (C=O) groups excluding carboxylic acids is 1. The van der Waals surface area contributed by atoms with Crippen molar-refractivity contribution in [1.82, 2.24) is 4.90 Å². The number of hydrogen-bond acceptors (Lipinski definition) is 1. The van der Waals surface area contributed by atoms with E-state index in [1.54, 1.807) is 0 Å². The minimum Gasteiger partial charge on any atom is -0.342 e. The molecule has 1 atom stereocenters. The molecule has 0 bridgehead atoms. The Morgan fingerprint density at radius 1 is 1.27 bits per heavy atom. The summed E-state index contributed by atoms with van der Waals surface area (Å²) in [6.45, 7) is 4.26. The lowest BCUT2D eigenvalue weighted by Gasteiger charge is -2.23. The largest absolute Gasteiger partial charge is 0.342 e. The smallest absolute Gasteiger partial charge is 0.222 e. The average Bonchev–Trinajstić information content (AvgIpc) is 2.26. The molecule has 0 saturated heterocycles. The molecule has 0 N–H and O–H groups in total. The number of rotatable bonds is 8. The molecular formula is C12H24BrNO. The highest BCUT2D eigenvalue weighted by atomic mass is 79.9. The van der Waals surface area contributed by atoms with Crippen LogP contribution in [0.25, 0.3) is 0 Å². The van der Waals surface area contributed by atoms with E-state index in [2.05, 4.69) is 29.8 Å². The van der Waals surface area contributed by atoms with Gasteiger partial charge in [0.2, 0.25) is 5.91 Å². The molecule has 0 aromatic carbocycles. The molecule has 15 heavy (non-hydrogen) atoms. The van der Waals surface area contributed by atoms with E-state index in [1.807, 2.05) is 11.9 Å². The Bertz CT molecular complexity index is 173. The number of nitrogens with zero attached hydrogens (tertiary/aromatic N) is 1. The summed E-state index contributed by atoms with van der Waals surface area (Å²) in [6.07, 6.45) is 6.75. The zero-order valence-corrected chi connectivity index (χ0v) is 11.8. The predicted octanol–water partition coefficient (Wildman–Crippen LogP) is 3.59. The van der Waals surface area contributed by atoms with E-state index >= 15 is 0 Å². The number of halogens is 1. The van der Waals surface area contributed by atoms with Crippen molar-refractivity contribution in [3.63, 3.8) is 0 Å². The normalized spacial score (nSPS) is 12.5. The summed E-state index contributed by atoms with van der Waals surface area (Å²) in [7, 11) is 1.89. The van der Waals surface area contributed by atoms with Crippen LogP contribution in [0.1, 0.15) is 52.4 Å². The van der Waals surface area contributed by atoms with Gasteiger partial charge in [-0.2, -0.15) is 0 Å². The molecule has 0 aromatic heterocycles. The van der Waals surface area contributed by atoms with Crippen LogP contribution in [-0.2, 0) is 4.79 Å². The van der Waals surface area contributed by atoms with E-state index in [0.717, 1.165) is 11.8 Å². The number of hydrogen-bond donors (Lipinski definition) is 0. The van der Waals surface area contributed by atoms with Gasteiger partial charge in [0.1, 0.15) is 0 Å². The van der Waals surface area contributed by atoms with E-state index in [4.69, 9.17) is 0 Å². The summed E-state index contributed by atoms with van der Waals surface area (Å²) in [5.74, 6) is 0.276. The number of amides is 1. The summed E-state index contributed by atoms with van der Waals surface area (Å²) in [6, 6.07) is 0.299. The van der Waals surface area contributed by atoms with Crippen LogP contribution in [0.3, 0.4) is 0 Å². The number of alkyl halides is 1. The van der Waals surface area contributed by atoms with Gasteiger partial charge < -0.3 is 4.90 Å². The van der Waals surface area contributed by atoms with Gasteiger partial charge in [-0.05, 0) is 13.3 Å². The van der Waals surface area contributed by atoms with Gasteiger partial charge in [-0.25, -0.2) is 0 Å². The number of carbonyl (C=O) groups is 1. The van der Waals surface area contributed by atoms with Gasteiger partial charge in [-0.3, -0.25) is 4.79 Å². The van der Waals surface area contributed by atoms with E-state index < -0.39 is 0 Å². The second-order valence-corrected chi connectivity index (χ2v) is 4.82. The minimum absolute atomic E-state index is 0.276. The molecular weight excluding hydrogens is 254 g/mol. The van der Waals surface area contributed by atoms with Gasteiger partial charge in [0.05, 0.1) is 0 Å². The summed E-state index contributed by atoms with van der Waals surface area (Å²) in [5.41, 5.74) is 0. The molecule has 0 rings (SSSR count). The standard InChI is InChI=1S/C12H24BrNO/c1-4-5-6-7-8-9-12(15)14(3)11(2)10-13/h11H,4-10H2,1-3H3. The maximum absolute atomic E-state index is 11.7. The van der Waals surface area contributed by atoms with Crippen molar-refractivity contribution in [3.8, 4) is 0 Å². The van der Waals surface area contributed by atoms with Crippen molar-refractivity contribution in [3.05, 3.63) is 0 Å². The zero-order chi connectivity index (χ0) is 11.7. The molecule has 1 amide bonds. The first-order valence-electron chi connectivity index (χ1n) is 5.95. The predicted molar refractivity (Wildman–Crippen MR) is 69.4 cm³/mol. The molecule has 0 radical (unpaired) electrons. The van der Waals surface area contributed by atoms with Crippen LogP contribution in [-0.4, -0.2) is 29.2 Å². The van der Waals surface area contributed by atoms with Crippen molar-refractivity contribution in [2.45, 2.75) is 58.4 Å². The Hall–Kier alpha value is -0.0500. The third kappa shape index (κ3) is 6.93. The first-order chi connectivity index (χ1) is 7.13. The fourth-order valence-electron chi connectivity index (χ4n) is 1.41. The van der Waals surface area contributed by atoms with Crippen LogP contribution in [0.15, 0.2) is 0 Å². The van der Waals surface area contributed by atoms with Crippen LogP contribution in [0, 0.1) is 0 Å². The van der Waals surface area contributed by atoms with Crippen molar-refractivity contribution < 1.29 is 4.79 Å². The minimum atomic E-state index is 0.276. The van der Waals surface area contributed by atoms with Crippen LogP contribution >= 0.6 is 15.9 Å². The van der Waals surface area contributed by atoms with E-state index in [0.29, 0.717) is 12.5 Å². The molecule has 0 fully saturated rings. The van der Waals surface area contributed by atoms with Crippen molar-refractivity contribution >= 4 is 21.8 Å². The molecule has 1 unspecified atom stereocenters. The van der Waals surface area contributed by atoms with Crippen LogP contribution < -0.4 is 0 Å². The molecule has 0 aliphatic carbocycles. The van der Waals surface area contributed by atoms with E-state index in [1.165, 1.54) is 25.7 Å². The maximum atomic E-state index is 11.7. The molecule has 0 aliphatic heterocycles. The van der Waals surface area contributed by atoms with Gasteiger partial charge in [0.15, 0.2) is 0 Å². The molecule has 0 heterocycles. The number of unbranched alkanes of at least 4 members (excludes halogenated alkanes) is 4. The Morgan fingerprint density at radius 2 is 1.87 bits per heavy atom. The van der Waals surface area contributed by atoms with Crippen LogP contribution in [0.2, 0.25) is 0 Å². The van der Waals surface area contributed by atoms with Crippen LogP contribution in [0.5, 0.6) is 0 Å². The topological polar surface area (TPSA) is 20.3 Å². The van der Waals surface area contributed by atoms with Crippen LogP contribution in [0.4, 0.5) is 0 Å². The Balaban J connectivity index is 3.56. The third-order valence-electron chi connectivity index (χ3n) is 2.77. The summed E-state index contributed by atoms with van der Waals surface area (Å²) in [5, 5.41) is 0.852. The first-order valence-corrected chi connectivity index (χ1v) is 7.07. The van der Waals surface area contributed by atoms with Crippen molar-refractivity contribution in [1.29, 1.82) is 0 Å². The highest BCUT2D eigenvalue weighted by Gasteiger charge is 2.13. The van der Waals surface area contributed by atoms with Crippen molar-refractivity contribution in [2.24, 2.45) is 0 Å². The Morgan fingerprint density at radius 3 is 2.40 bits per heavy atom. The first kappa shape index (κ1) is 14.9. The SMILES string of the molecule is CCCCCCCC(=O)N(C)C(C)CBr. The van der Waals surface area contributed by atoms with E-state index in [-0.39, 0.29) is 5.91 Å². The fraction of sp³-hybridized carbons (Fsp3) is 0.917. The summed E-state index contributed by atoms with van der Waals surface area (Å²) < 4.78 is 0. The average molecular weight is 278 g/mol. The Labute approximate surface area is 103 Å². The summed E-state index contributed by atoms with van der Waals surface area (Å²) >= 11 is 3.39. The lowest BCUT2D eigenvalue weighted by Crippen LogP contribution is -2.35. The van der Waals surface area contributed by atoms with Gasteiger partial charge >= 0.3 is 0 Å². The zero-order valence-electron chi connectivity index (χ0n) is 10.3. The molecule has 2 nitrogen and oxygen atoms in total. The van der Waals surface area contributed by atoms with Gasteiger partial charge in [-0.1, -0.05) is 48.5 Å². The van der Waals surface area contributed by atoms with Crippen molar-refractivity contribution in [2.75, 3.05) is 12.4 Å². The molecule has 90 valence electrons. The maximum Gasteiger partial charge on any atom is 0.222 e. The lowest BCUT2D eigenvalue weighted by atomic mass is 10.1. The highest BCUT2D eigenvalue weighted by molar-refractivity contribution is 9.09. The summed E-state index contributed by atoms with van der Waals surface area (Å²) in [4.78, 5) is 13.5. The molecule has 0 spiro atoms. The second kappa shape index (κ2) is 9.20. The molecule has 3 heteroatoms. The highest BCUT2D eigenvalue weighted by Crippen LogP contribution is 2.08. The fourth-order valence-corrected chi connectivity index (χ4v) is 1.84. The van der Waals surface area contributed by atoms with Gasteiger partial charge in [0.25, 0.3) is 0 Å². The van der Waals surface area contributed by atoms with E-state index in [9.17, 15) is 4.79 Å². The second-order valence-electron chi connectivity index (χ2n) is 4.17. The lowest BCUT2D eigenvalue weighted by molar-refractivity contribution is -0.131. The molecule has 0 saturated carbocycles. The van der Waals surface area contributed by atoms with Gasteiger partial charge in [0, 0.05) is 24.8 Å². The molecule has 0 aromatic rings. The van der Waals surface area contributed by atoms with Gasteiger partial charge in [-0.15, -0.1) is 0 Å². The quantitative estimate of drug-likeness (QED) is 0.491. The molecule has 0 aliphatic rings. The monoisotopic (exact) mass is 277 g/mol.